The molecule has 0 unspecified atom stereocenters. The van der Waals surface area contributed by atoms with E-state index in [4.69, 9.17) is 20.8 Å². The van der Waals surface area contributed by atoms with E-state index >= 15 is 0 Å². The van der Waals surface area contributed by atoms with Crippen LogP contribution in [0.2, 0.25) is 0 Å². The molecular formula is C25H26F3N7O3. The number of pyridine rings is 1. The largest absolute Gasteiger partial charge is 0.476 e. The minimum Gasteiger partial charge on any atom is -0.476 e. The van der Waals surface area contributed by atoms with Gasteiger partial charge < -0.3 is 25.9 Å². The molecule has 0 radical (unpaired) electrons. The number of benzene rings is 1. The Morgan fingerprint density at radius 2 is 1.92 bits per heavy atom. The van der Waals surface area contributed by atoms with Gasteiger partial charge in [-0.25, -0.2) is 14.6 Å². The first kappa shape index (κ1) is 26.9. The highest BCUT2D eigenvalue weighted by Gasteiger charge is 2.33. The topological polar surface area (TPSA) is 151 Å². The van der Waals surface area contributed by atoms with Crippen LogP contribution in [0.3, 0.4) is 0 Å². The third-order valence-corrected chi connectivity index (χ3v) is 5.49. The van der Waals surface area contributed by atoms with Gasteiger partial charge in [0.05, 0.1) is 11.1 Å². The quantitative estimate of drug-likeness (QED) is 0.307. The molecule has 38 heavy (non-hydrogen) atoms. The van der Waals surface area contributed by atoms with Crippen molar-refractivity contribution in [2.45, 2.75) is 51.6 Å². The minimum absolute atomic E-state index is 0.0497. The summed E-state index contributed by atoms with van der Waals surface area (Å²) in [6.07, 6.45) is -4.55. The molecule has 0 saturated carbocycles. The zero-order chi connectivity index (χ0) is 27.7. The van der Waals surface area contributed by atoms with Crippen molar-refractivity contribution in [1.29, 1.82) is 0 Å². The summed E-state index contributed by atoms with van der Waals surface area (Å²) in [7, 11) is 0. The van der Waals surface area contributed by atoms with Gasteiger partial charge in [-0.15, -0.1) is 0 Å². The molecule has 4 aromatic rings. The van der Waals surface area contributed by atoms with Crippen LogP contribution < -0.4 is 16.2 Å². The number of anilines is 1. The average Bonchev–Trinajstić information content (AvgIpc) is 3.43. The van der Waals surface area contributed by atoms with Crippen LogP contribution in [0.1, 0.15) is 37.6 Å². The van der Waals surface area contributed by atoms with E-state index < -0.39 is 23.4 Å². The van der Waals surface area contributed by atoms with E-state index in [2.05, 4.69) is 32.1 Å². The highest BCUT2D eigenvalue weighted by atomic mass is 19.4. The number of rotatable bonds is 7. The zero-order valence-corrected chi connectivity index (χ0v) is 20.9. The van der Waals surface area contributed by atoms with Gasteiger partial charge in [0.25, 0.3) is 0 Å². The lowest BCUT2D eigenvalue weighted by molar-refractivity contribution is -0.138. The van der Waals surface area contributed by atoms with Gasteiger partial charge in [-0.1, -0.05) is 24.1 Å². The molecule has 0 spiro atoms. The van der Waals surface area contributed by atoms with Gasteiger partial charge in [0, 0.05) is 18.7 Å². The summed E-state index contributed by atoms with van der Waals surface area (Å²) in [5.41, 5.74) is 11.5. The van der Waals surface area contributed by atoms with Crippen LogP contribution in [0.4, 0.5) is 19.0 Å². The van der Waals surface area contributed by atoms with E-state index in [9.17, 15) is 18.3 Å². The van der Waals surface area contributed by atoms with Crippen LogP contribution in [0.5, 0.6) is 5.88 Å². The number of hydrogen-bond donors (Lipinski definition) is 3. The molecule has 0 fully saturated rings. The number of alkyl halides is 3. The fourth-order valence-electron chi connectivity index (χ4n) is 3.83. The molecule has 0 aliphatic carbocycles. The number of aromatic nitrogens is 5. The first-order valence-electron chi connectivity index (χ1n) is 11.7. The SMILES string of the molecule is CCn1c(-c2nonc2N)nc2c(C#CC(C)(C)O)nc(OC[C@H](N)Cc3ccccc3C(F)(F)F)cc21. The Hall–Kier alpha value is -4.15. The number of aliphatic hydroxyl groups is 1. The van der Waals surface area contributed by atoms with Crippen LogP contribution in [0, 0.1) is 11.8 Å². The van der Waals surface area contributed by atoms with E-state index in [-0.39, 0.29) is 41.7 Å². The van der Waals surface area contributed by atoms with E-state index in [0.29, 0.717) is 23.4 Å². The van der Waals surface area contributed by atoms with Crippen molar-refractivity contribution < 1.29 is 27.6 Å². The molecular weight excluding hydrogens is 503 g/mol. The summed E-state index contributed by atoms with van der Waals surface area (Å²) in [6, 6.07) is 6.13. The Kier molecular flexibility index (Phi) is 7.30. The lowest BCUT2D eigenvalue weighted by Gasteiger charge is -2.17. The monoisotopic (exact) mass is 529 g/mol. The summed E-state index contributed by atoms with van der Waals surface area (Å²) in [4.78, 5) is 9.02. The molecule has 200 valence electrons. The van der Waals surface area contributed by atoms with E-state index in [0.717, 1.165) is 6.07 Å². The van der Waals surface area contributed by atoms with Gasteiger partial charge in [0.1, 0.15) is 23.4 Å². The van der Waals surface area contributed by atoms with Crippen molar-refractivity contribution in [3.8, 4) is 29.2 Å². The molecule has 1 aromatic carbocycles. The Morgan fingerprint density at radius 3 is 2.55 bits per heavy atom. The number of nitrogen functional groups attached to an aromatic ring is 1. The smallest absolute Gasteiger partial charge is 0.416 e. The Bertz CT molecular complexity index is 1510. The molecule has 5 N–H and O–H groups in total. The number of imidazole rings is 1. The maximum atomic E-state index is 13.4. The Balaban J connectivity index is 1.68. The lowest BCUT2D eigenvalue weighted by Crippen LogP contribution is -2.31. The second-order valence-corrected chi connectivity index (χ2v) is 9.09. The van der Waals surface area contributed by atoms with Crippen LogP contribution in [-0.4, -0.2) is 48.2 Å². The predicted octanol–water partition coefficient (Wildman–Crippen LogP) is 3.17. The molecule has 4 rings (SSSR count). The molecule has 0 bridgehead atoms. The van der Waals surface area contributed by atoms with Crippen LogP contribution in [-0.2, 0) is 19.1 Å². The van der Waals surface area contributed by atoms with Crippen LogP contribution in [0.15, 0.2) is 35.0 Å². The third-order valence-electron chi connectivity index (χ3n) is 5.49. The molecule has 3 heterocycles. The zero-order valence-electron chi connectivity index (χ0n) is 20.9. The Labute approximate surface area is 215 Å². The number of ether oxygens (including phenoxy) is 1. The molecule has 13 heteroatoms. The van der Waals surface area contributed by atoms with Gasteiger partial charge in [-0.3, -0.25) is 0 Å². The van der Waals surface area contributed by atoms with Gasteiger partial charge in [0.2, 0.25) is 5.88 Å². The fourth-order valence-corrected chi connectivity index (χ4v) is 3.83. The highest BCUT2D eigenvalue weighted by molar-refractivity contribution is 5.86. The summed E-state index contributed by atoms with van der Waals surface area (Å²) < 4.78 is 52.4. The molecule has 10 nitrogen and oxygen atoms in total. The van der Waals surface area contributed by atoms with Gasteiger partial charge in [-0.05, 0) is 55.1 Å². The van der Waals surface area contributed by atoms with Crippen LogP contribution >= 0.6 is 0 Å². The van der Waals surface area contributed by atoms with Crippen molar-refractivity contribution in [1.82, 2.24) is 24.8 Å². The second-order valence-electron chi connectivity index (χ2n) is 9.09. The Morgan fingerprint density at radius 1 is 1.18 bits per heavy atom. The standard InChI is InChI=1S/C25H26F3N7O3/c1-4-35-18-12-19(37-13-15(29)11-14-7-5-6-8-16(14)25(26,27)28)31-17(9-10-24(2,3)36)20(18)32-23(35)21-22(30)34-38-33-21/h5-8,12,15,36H,4,11,13,29H2,1-3H3,(H2,30,34)/t15-/m1/s1. The van der Waals surface area contributed by atoms with Gasteiger partial charge >= 0.3 is 6.18 Å². The molecule has 0 aliphatic rings. The van der Waals surface area contributed by atoms with Gasteiger partial charge in [0.15, 0.2) is 17.3 Å². The van der Waals surface area contributed by atoms with Gasteiger partial charge in [-0.2, -0.15) is 13.2 Å². The maximum Gasteiger partial charge on any atom is 0.416 e. The van der Waals surface area contributed by atoms with E-state index in [1.54, 1.807) is 10.6 Å². The number of fused-ring (bicyclic) bond motifs is 1. The summed E-state index contributed by atoms with van der Waals surface area (Å²) >= 11 is 0. The third kappa shape index (κ3) is 5.87. The van der Waals surface area contributed by atoms with Crippen molar-refractivity contribution in [2.75, 3.05) is 12.3 Å². The second kappa shape index (κ2) is 10.3. The molecule has 3 aromatic heterocycles. The predicted molar refractivity (Wildman–Crippen MR) is 133 cm³/mol. The summed E-state index contributed by atoms with van der Waals surface area (Å²) in [5.74, 6) is 6.08. The number of nitrogens with two attached hydrogens (primary N) is 2. The first-order chi connectivity index (χ1) is 17.9. The van der Waals surface area contributed by atoms with Crippen LogP contribution in [0.25, 0.3) is 22.6 Å². The molecule has 1 atom stereocenters. The number of halogens is 3. The average molecular weight is 530 g/mol. The number of hydrogen-bond acceptors (Lipinski definition) is 9. The minimum atomic E-state index is -4.49. The molecule has 0 amide bonds. The normalized spacial score (nSPS) is 12.8. The fraction of sp³-hybridized carbons (Fsp3) is 0.360. The summed E-state index contributed by atoms with van der Waals surface area (Å²) in [5, 5.41) is 17.5. The highest BCUT2D eigenvalue weighted by Crippen LogP contribution is 2.33. The number of nitrogens with zero attached hydrogens (tertiary/aromatic N) is 5. The lowest BCUT2D eigenvalue weighted by atomic mass is 10.0. The van der Waals surface area contributed by atoms with E-state index in [1.165, 1.54) is 32.0 Å². The first-order valence-corrected chi connectivity index (χ1v) is 11.7. The van der Waals surface area contributed by atoms with E-state index in [1.807, 2.05) is 6.92 Å². The van der Waals surface area contributed by atoms with Crippen molar-refractivity contribution in [3.63, 3.8) is 0 Å². The molecule has 0 aliphatic heterocycles. The van der Waals surface area contributed by atoms with Crippen molar-refractivity contribution >= 4 is 16.9 Å². The van der Waals surface area contributed by atoms with Crippen molar-refractivity contribution in [2.24, 2.45) is 5.73 Å². The number of aryl methyl sites for hydroxylation is 1. The van der Waals surface area contributed by atoms with Crippen molar-refractivity contribution in [3.05, 3.63) is 47.2 Å². The summed E-state index contributed by atoms with van der Waals surface area (Å²) in [6.45, 7) is 5.26. The maximum absolute atomic E-state index is 13.4. The molecule has 0 saturated heterocycles.